The van der Waals surface area contributed by atoms with Crippen molar-refractivity contribution in [2.75, 3.05) is 0 Å². The van der Waals surface area contributed by atoms with E-state index in [1.165, 1.54) is 0 Å². The number of nitrogens with zero attached hydrogens (tertiary/aromatic N) is 1. The number of hydrogen-bond acceptors (Lipinski definition) is 2. The van der Waals surface area contributed by atoms with Crippen LogP contribution in [0.5, 0.6) is 0 Å². The van der Waals surface area contributed by atoms with Crippen molar-refractivity contribution in [2.24, 2.45) is 0 Å². The van der Waals surface area contributed by atoms with Crippen LogP contribution in [0.1, 0.15) is 5.76 Å². The largest absolute Gasteiger partial charge is 0.446 e. The van der Waals surface area contributed by atoms with Gasteiger partial charge in [0.2, 0.25) is 5.76 Å². The molecule has 2 rings (SSSR count). The number of halogens is 2. The van der Waals surface area contributed by atoms with E-state index in [-0.39, 0.29) is 5.76 Å². The summed E-state index contributed by atoms with van der Waals surface area (Å²) in [5.74, 6) is 0.739. The van der Waals surface area contributed by atoms with Gasteiger partial charge in [-0.25, -0.2) is 0 Å². The normalized spacial score (nSPS) is 9.93. The number of benzene rings is 1. The lowest BCUT2D eigenvalue weighted by Crippen LogP contribution is -1.78. The van der Waals surface area contributed by atoms with Crippen molar-refractivity contribution in [2.45, 2.75) is 0 Å². The Bertz CT molecular complexity index is 520. The average Bonchev–Trinajstić information content (AvgIpc) is 2.66. The van der Waals surface area contributed by atoms with Gasteiger partial charge < -0.3 is 4.42 Å². The predicted octanol–water partition coefficient (Wildman–Crippen LogP) is 4.13. The molecule has 0 spiro atoms. The molecule has 2 nitrogen and oxygen atoms in total. The summed E-state index contributed by atoms with van der Waals surface area (Å²) in [7, 11) is 0. The molecule has 0 aliphatic carbocycles. The molecule has 1 aromatic carbocycles. The second-order valence-corrected chi connectivity index (χ2v) is 3.69. The molecule has 74 valence electrons. The SMILES string of the molecule is N#Cc1ccc(-c2c(Cl)cccc2Cl)o1. The summed E-state index contributed by atoms with van der Waals surface area (Å²) in [5, 5.41) is 9.63. The van der Waals surface area contributed by atoms with Crippen LogP contribution in [-0.2, 0) is 0 Å². The lowest BCUT2D eigenvalue weighted by molar-refractivity contribution is 0.567. The quantitative estimate of drug-likeness (QED) is 0.748. The molecule has 0 atom stereocenters. The van der Waals surface area contributed by atoms with E-state index in [2.05, 4.69) is 0 Å². The Kier molecular flexibility index (Phi) is 2.68. The first-order valence-electron chi connectivity index (χ1n) is 4.16. The maximum Gasteiger partial charge on any atom is 0.204 e. The zero-order chi connectivity index (χ0) is 10.8. The molecule has 0 fully saturated rings. The first-order valence-corrected chi connectivity index (χ1v) is 4.92. The standard InChI is InChI=1S/C11H5Cl2NO/c12-8-2-1-3-9(13)11(8)10-5-4-7(6-14)15-10/h1-5H. The van der Waals surface area contributed by atoms with Crippen LogP contribution >= 0.6 is 23.2 Å². The Morgan fingerprint density at radius 3 is 2.27 bits per heavy atom. The second-order valence-electron chi connectivity index (χ2n) is 2.87. The molecule has 0 unspecified atom stereocenters. The van der Waals surface area contributed by atoms with Gasteiger partial charge in [0.15, 0.2) is 0 Å². The van der Waals surface area contributed by atoms with E-state index < -0.39 is 0 Å². The molecule has 0 aliphatic heterocycles. The maximum atomic E-state index is 8.63. The molecule has 0 radical (unpaired) electrons. The molecule has 0 aliphatic rings. The molecule has 0 saturated carbocycles. The second kappa shape index (κ2) is 3.98. The summed E-state index contributed by atoms with van der Waals surface area (Å²) in [6.45, 7) is 0. The van der Waals surface area contributed by atoms with Crippen LogP contribution < -0.4 is 0 Å². The molecule has 0 bridgehead atoms. The van der Waals surface area contributed by atoms with Crippen LogP contribution in [0.15, 0.2) is 34.7 Å². The van der Waals surface area contributed by atoms with E-state index in [1.54, 1.807) is 30.3 Å². The third kappa shape index (κ3) is 1.85. The van der Waals surface area contributed by atoms with Crippen molar-refractivity contribution < 1.29 is 4.42 Å². The lowest BCUT2D eigenvalue weighted by Gasteiger charge is -2.02. The fraction of sp³-hybridized carbons (Fsp3) is 0. The zero-order valence-corrected chi connectivity index (χ0v) is 9.01. The van der Waals surface area contributed by atoms with E-state index >= 15 is 0 Å². The summed E-state index contributed by atoms with van der Waals surface area (Å²) in [6.07, 6.45) is 0. The molecule has 0 amide bonds. The van der Waals surface area contributed by atoms with E-state index in [9.17, 15) is 0 Å². The highest BCUT2D eigenvalue weighted by molar-refractivity contribution is 6.39. The number of hydrogen-bond donors (Lipinski definition) is 0. The highest BCUT2D eigenvalue weighted by Gasteiger charge is 2.11. The number of furan rings is 1. The van der Waals surface area contributed by atoms with Gasteiger partial charge in [-0.05, 0) is 24.3 Å². The first-order chi connectivity index (χ1) is 7.22. The van der Waals surface area contributed by atoms with Gasteiger partial charge in [-0.15, -0.1) is 0 Å². The van der Waals surface area contributed by atoms with Crippen LogP contribution in [0.25, 0.3) is 11.3 Å². The molecule has 15 heavy (non-hydrogen) atoms. The van der Waals surface area contributed by atoms with Crippen molar-refractivity contribution in [3.05, 3.63) is 46.1 Å². The van der Waals surface area contributed by atoms with Gasteiger partial charge in [-0.3, -0.25) is 0 Å². The minimum absolute atomic E-state index is 0.237. The summed E-state index contributed by atoms with van der Waals surface area (Å²) < 4.78 is 5.25. The fourth-order valence-electron chi connectivity index (χ4n) is 1.27. The fourth-order valence-corrected chi connectivity index (χ4v) is 1.85. The van der Waals surface area contributed by atoms with Gasteiger partial charge in [0.25, 0.3) is 0 Å². The molecule has 1 aromatic heterocycles. The number of nitriles is 1. The molecule has 0 saturated heterocycles. The van der Waals surface area contributed by atoms with Crippen molar-refractivity contribution >= 4 is 23.2 Å². The Balaban J connectivity index is 2.59. The Morgan fingerprint density at radius 1 is 1.07 bits per heavy atom. The monoisotopic (exact) mass is 237 g/mol. The molecule has 4 heteroatoms. The highest BCUT2D eigenvalue weighted by atomic mass is 35.5. The Hall–Kier alpha value is -1.43. The summed E-state index contributed by atoms with van der Waals surface area (Å²) >= 11 is 12.0. The summed E-state index contributed by atoms with van der Waals surface area (Å²) in [6, 6.07) is 10.3. The van der Waals surface area contributed by atoms with Gasteiger partial charge in [-0.2, -0.15) is 5.26 Å². The number of rotatable bonds is 1. The van der Waals surface area contributed by atoms with E-state index in [0.29, 0.717) is 21.4 Å². The van der Waals surface area contributed by atoms with Crippen LogP contribution in [0.3, 0.4) is 0 Å². The highest BCUT2D eigenvalue weighted by Crippen LogP contribution is 2.35. The summed E-state index contributed by atoms with van der Waals surface area (Å²) in [4.78, 5) is 0. The molecule has 0 N–H and O–H groups in total. The average molecular weight is 238 g/mol. The first kappa shape index (κ1) is 10.1. The van der Waals surface area contributed by atoms with Gasteiger partial charge >= 0.3 is 0 Å². The zero-order valence-electron chi connectivity index (χ0n) is 7.50. The van der Waals surface area contributed by atoms with Gasteiger partial charge in [0, 0.05) is 0 Å². The van der Waals surface area contributed by atoms with Gasteiger partial charge in [0.05, 0.1) is 15.6 Å². The van der Waals surface area contributed by atoms with Gasteiger partial charge in [0.1, 0.15) is 11.8 Å². The van der Waals surface area contributed by atoms with E-state index in [0.717, 1.165) is 0 Å². The van der Waals surface area contributed by atoms with Crippen molar-refractivity contribution in [3.63, 3.8) is 0 Å². The molecule has 1 heterocycles. The third-order valence-corrected chi connectivity index (χ3v) is 2.56. The molecular formula is C11H5Cl2NO. The van der Waals surface area contributed by atoms with Crippen molar-refractivity contribution in [1.29, 1.82) is 5.26 Å². The summed E-state index contributed by atoms with van der Waals surface area (Å²) in [5.41, 5.74) is 0.613. The third-order valence-electron chi connectivity index (χ3n) is 1.93. The minimum Gasteiger partial charge on any atom is -0.446 e. The van der Waals surface area contributed by atoms with Crippen LogP contribution in [-0.4, -0.2) is 0 Å². The Labute approximate surface area is 96.6 Å². The Morgan fingerprint density at radius 2 is 1.73 bits per heavy atom. The minimum atomic E-state index is 0.237. The van der Waals surface area contributed by atoms with E-state index in [1.807, 2.05) is 6.07 Å². The topological polar surface area (TPSA) is 36.9 Å². The van der Waals surface area contributed by atoms with Crippen molar-refractivity contribution in [3.8, 4) is 17.4 Å². The maximum absolute atomic E-state index is 8.63. The molecule has 2 aromatic rings. The van der Waals surface area contributed by atoms with Gasteiger partial charge in [-0.1, -0.05) is 29.3 Å². The van der Waals surface area contributed by atoms with Crippen molar-refractivity contribution in [1.82, 2.24) is 0 Å². The van der Waals surface area contributed by atoms with Crippen LogP contribution in [0.2, 0.25) is 10.0 Å². The smallest absolute Gasteiger partial charge is 0.204 e. The van der Waals surface area contributed by atoms with Crippen LogP contribution in [0, 0.1) is 11.3 Å². The van der Waals surface area contributed by atoms with Crippen LogP contribution in [0.4, 0.5) is 0 Å². The lowest BCUT2D eigenvalue weighted by atomic mass is 10.2. The predicted molar refractivity (Wildman–Crippen MR) is 58.9 cm³/mol. The van der Waals surface area contributed by atoms with E-state index in [4.69, 9.17) is 32.9 Å². The molecular weight excluding hydrogens is 233 g/mol.